The molecule has 1 N–H and O–H groups in total. The van der Waals surface area contributed by atoms with Gasteiger partial charge in [0.15, 0.2) is 0 Å². The van der Waals surface area contributed by atoms with Crippen molar-refractivity contribution in [3.05, 3.63) is 53.6 Å². The second-order valence-electron chi connectivity index (χ2n) is 4.11. The van der Waals surface area contributed by atoms with E-state index in [0.29, 0.717) is 0 Å². The summed E-state index contributed by atoms with van der Waals surface area (Å²) in [5.74, 6) is 0. The molecule has 0 unspecified atom stereocenters. The van der Waals surface area contributed by atoms with Gasteiger partial charge in [-0.05, 0) is 31.0 Å². The Hall–Kier alpha value is -1.76. The average Bonchev–Trinajstić information content (AvgIpc) is 2.32. The highest BCUT2D eigenvalue weighted by atomic mass is 14.8. The zero-order valence-electron chi connectivity index (χ0n) is 10.0. The van der Waals surface area contributed by atoms with E-state index < -0.39 is 0 Å². The summed E-state index contributed by atoms with van der Waals surface area (Å²) in [4.78, 5) is 0. The van der Waals surface area contributed by atoms with Gasteiger partial charge in [-0.3, -0.25) is 0 Å². The van der Waals surface area contributed by atoms with Gasteiger partial charge in [0.2, 0.25) is 0 Å². The van der Waals surface area contributed by atoms with Crippen LogP contribution < -0.4 is 5.32 Å². The molecule has 82 valence electrons. The van der Waals surface area contributed by atoms with E-state index in [9.17, 15) is 0 Å². The van der Waals surface area contributed by atoms with Gasteiger partial charge >= 0.3 is 0 Å². The SMILES string of the molecule is CNc1ccccc1-c1cc(C)ccc1C. The lowest BCUT2D eigenvalue weighted by molar-refractivity contribution is 1.38. The topological polar surface area (TPSA) is 12.0 Å². The molecule has 1 heteroatoms. The quantitative estimate of drug-likeness (QED) is 0.791. The molecule has 2 aromatic carbocycles. The van der Waals surface area contributed by atoms with Crippen molar-refractivity contribution >= 4 is 5.69 Å². The fourth-order valence-electron chi connectivity index (χ4n) is 1.96. The molecule has 0 aliphatic carbocycles. The highest BCUT2D eigenvalue weighted by molar-refractivity contribution is 5.80. The molecule has 0 amide bonds. The number of rotatable bonds is 2. The van der Waals surface area contributed by atoms with Gasteiger partial charge in [-0.15, -0.1) is 0 Å². The van der Waals surface area contributed by atoms with Crippen molar-refractivity contribution in [2.24, 2.45) is 0 Å². The Morgan fingerprint density at radius 1 is 0.875 bits per heavy atom. The molecule has 0 bridgehead atoms. The minimum absolute atomic E-state index is 1.18. The number of hydrogen-bond donors (Lipinski definition) is 1. The van der Waals surface area contributed by atoms with Gasteiger partial charge in [0.05, 0.1) is 0 Å². The first-order chi connectivity index (χ1) is 7.72. The minimum atomic E-state index is 1.18. The summed E-state index contributed by atoms with van der Waals surface area (Å²) >= 11 is 0. The third kappa shape index (κ3) is 1.94. The Labute approximate surface area is 97.1 Å². The molecule has 2 aromatic rings. The van der Waals surface area contributed by atoms with Crippen molar-refractivity contribution in [2.75, 3.05) is 12.4 Å². The first kappa shape index (κ1) is 10.7. The molecule has 0 heterocycles. The lowest BCUT2D eigenvalue weighted by Crippen LogP contribution is -1.93. The van der Waals surface area contributed by atoms with Crippen LogP contribution in [-0.2, 0) is 0 Å². The summed E-state index contributed by atoms with van der Waals surface area (Å²) in [6.07, 6.45) is 0. The Kier molecular flexibility index (Phi) is 2.95. The molecule has 0 fully saturated rings. The van der Waals surface area contributed by atoms with E-state index in [1.165, 1.54) is 27.9 Å². The van der Waals surface area contributed by atoms with Crippen LogP contribution in [0.5, 0.6) is 0 Å². The second kappa shape index (κ2) is 4.40. The van der Waals surface area contributed by atoms with E-state index in [-0.39, 0.29) is 0 Å². The molecule has 0 aliphatic rings. The second-order valence-corrected chi connectivity index (χ2v) is 4.11. The van der Waals surface area contributed by atoms with Gasteiger partial charge in [0.1, 0.15) is 0 Å². The zero-order valence-corrected chi connectivity index (χ0v) is 10.0. The highest BCUT2D eigenvalue weighted by Gasteiger charge is 2.05. The summed E-state index contributed by atoms with van der Waals surface area (Å²) in [5.41, 5.74) is 6.37. The zero-order chi connectivity index (χ0) is 11.5. The van der Waals surface area contributed by atoms with E-state index in [2.05, 4.69) is 61.6 Å². The smallest absolute Gasteiger partial charge is 0.0417 e. The van der Waals surface area contributed by atoms with Crippen LogP contribution in [0.2, 0.25) is 0 Å². The molecule has 0 aromatic heterocycles. The normalized spacial score (nSPS) is 10.2. The predicted molar refractivity (Wildman–Crippen MR) is 70.9 cm³/mol. The Morgan fingerprint density at radius 2 is 1.62 bits per heavy atom. The van der Waals surface area contributed by atoms with Crippen molar-refractivity contribution in [1.29, 1.82) is 0 Å². The van der Waals surface area contributed by atoms with Gasteiger partial charge < -0.3 is 5.32 Å². The molecular weight excluding hydrogens is 194 g/mol. The molecule has 0 saturated heterocycles. The van der Waals surface area contributed by atoms with E-state index in [1.807, 2.05) is 7.05 Å². The van der Waals surface area contributed by atoms with Crippen LogP contribution in [0.3, 0.4) is 0 Å². The largest absolute Gasteiger partial charge is 0.388 e. The van der Waals surface area contributed by atoms with Crippen LogP contribution in [-0.4, -0.2) is 7.05 Å². The van der Waals surface area contributed by atoms with Crippen molar-refractivity contribution < 1.29 is 0 Å². The molecule has 2 rings (SSSR count). The van der Waals surface area contributed by atoms with E-state index in [4.69, 9.17) is 0 Å². The Morgan fingerprint density at radius 3 is 2.38 bits per heavy atom. The molecule has 0 spiro atoms. The number of nitrogens with one attached hydrogen (secondary N) is 1. The molecule has 0 saturated carbocycles. The molecule has 1 nitrogen and oxygen atoms in total. The third-order valence-electron chi connectivity index (χ3n) is 2.88. The van der Waals surface area contributed by atoms with Gasteiger partial charge in [0.25, 0.3) is 0 Å². The lowest BCUT2D eigenvalue weighted by Gasteiger charge is -2.12. The van der Waals surface area contributed by atoms with Crippen LogP contribution in [0.1, 0.15) is 11.1 Å². The van der Waals surface area contributed by atoms with E-state index in [0.717, 1.165) is 0 Å². The van der Waals surface area contributed by atoms with Gasteiger partial charge in [0, 0.05) is 18.3 Å². The summed E-state index contributed by atoms with van der Waals surface area (Å²) in [6.45, 7) is 4.28. The number of aryl methyl sites for hydroxylation is 2. The number of anilines is 1. The Bertz CT molecular complexity index is 501. The highest BCUT2D eigenvalue weighted by Crippen LogP contribution is 2.30. The molecule has 0 aliphatic heterocycles. The van der Waals surface area contributed by atoms with Crippen LogP contribution in [0.15, 0.2) is 42.5 Å². The van der Waals surface area contributed by atoms with Gasteiger partial charge in [-0.25, -0.2) is 0 Å². The van der Waals surface area contributed by atoms with Crippen molar-refractivity contribution in [3.63, 3.8) is 0 Å². The van der Waals surface area contributed by atoms with Crippen molar-refractivity contribution in [3.8, 4) is 11.1 Å². The van der Waals surface area contributed by atoms with E-state index >= 15 is 0 Å². The summed E-state index contributed by atoms with van der Waals surface area (Å²) < 4.78 is 0. The molecule has 0 radical (unpaired) electrons. The predicted octanol–water partition coefficient (Wildman–Crippen LogP) is 4.01. The number of para-hydroxylation sites is 1. The van der Waals surface area contributed by atoms with Gasteiger partial charge in [-0.2, -0.15) is 0 Å². The van der Waals surface area contributed by atoms with Crippen LogP contribution in [0, 0.1) is 13.8 Å². The van der Waals surface area contributed by atoms with E-state index in [1.54, 1.807) is 0 Å². The van der Waals surface area contributed by atoms with Crippen LogP contribution in [0.4, 0.5) is 5.69 Å². The monoisotopic (exact) mass is 211 g/mol. The summed E-state index contributed by atoms with van der Waals surface area (Å²) in [7, 11) is 1.96. The fourth-order valence-corrected chi connectivity index (χ4v) is 1.96. The maximum atomic E-state index is 3.24. The number of hydrogen-bond acceptors (Lipinski definition) is 1. The fraction of sp³-hybridized carbons (Fsp3) is 0.200. The first-order valence-electron chi connectivity index (χ1n) is 5.57. The molecular formula is C15H17N. The summed E-state index contributed by atoms with van der Waals surface area (Å²) in [5, 5.41) is 3.24. The maximum absolute atomic E-state index is 3.24. The molecule has 16 heavy (non-hydrogen) atoms. The Balaban J connectivity index is 2.62. The van der Waals surface area contributed by atoms with Gasteiger partial charge in [-0.1, -0.05) is 42.0 Å². The number of benzene rings is 2. The van der Waals surface area contributed by atoms with Crippen LogP contribution >= 0.6 is 0 Å². The first-order valence-corrected chi connectivity index (χ1v) is 5.57. The standard InChI is InChI=1S/C15H17N/c1-11-8-9-12(2)14(10-11)13-6-4-5-7-15(13)16-3/h4-10,16H,1-3H3. The van der Waals surface area contributed by atoms with Crippen LogP contribution in [0.25, 0.3) is 11.1 Å². The minimum Gasteiger partial charge on any atom is -0.388 e. The summed E-state index contributed by atoms with van der Waals surface area (Å²) in [6, 6.07) is 15.0. The van der Waals surface area contributed by atoms with Crippen molar-refractivity contribution in [2.45, 2.75) is 13.8 Å². The lowest BCUT2D eigenvalue weighted by atomic mass is 9.97. The van der Waals surface area contributed by atoms with Crippen molar-refractivity contribution in [1.82, 2.24) is 0 Å². The third-order valence-corrected chi connectivity index (χ3v) is 2.88. The maximum Gasteiger partial charge on any atom is 0.0417 e. The molecule has 0 atom stereocenters. The average molecular weight is 211 g/mol.